The molecule has 0 bridgehead atoms. The number of carbonyl (C=O) groups excluding carboxylic acids is 1. The molecule has 0 amide bonds. The Morgan fingerprint density at radius 2 is 1.79 bits per heavy atom. The Bertz CT molecular complexity index is 1470. The van der Waals surface area contributed by atoms with Gasteiger partial charge in [-0.2, -0.15) is 0 Å². The molecule has 0 aliphatic heterocycles. The van der Waals surface area contributed by atoms with E-state index in [0.717, 1.165) is 11.6 Å². The lowest BCUT2D eigenvalue weighted by molar-refractivity contribution is 0.104. The molecule has 0 aliphatic rings. The molecule has 9 heteroatoms. The van der Waals surface area contributed by atoms with Gasteiger partial charge < -0.3 is 5.32 Å². The summed E-state index contributed by atoms with van der Waals surface area (Å²) in [7, 11) is -3.88. The highest BCUT2D eigenvalue weighted by atomic mass is 32.2. The van der Waals surface area contributed by atoms with Crippen LogP contribution in [-0.4, -0.2) is 19.2 Å². The molecule has 0 spiro atoms. The van der Waals surface area contributed by atoms with E-state index in [1.54, 1.807) is 37.4 Å². The third kappa shape index (κ3) is 5.39. The van der Waals surface area contributed by atoms with Crippen molar-refractivity contribution < 1.29 is 17.6 Å². The minimum Gasteiger partial charge on any atom is -0.332 e. The number of rotatable bonds is 8. The predicted molar refractivity (Wildman–Crippen MR) is 132 cm³/mol. The fraction of sp³-hybridized carbons (Fsp3) is 0.120. The van der Waals surface area contributed by atoms with Crippen LogP contribution in [0.3, 0.4) is 0 Å². The first-order valence-corrected chi connectivity index (χ1v) is 12.7. The van der Waals surface area contributed by atoms with E-state index in [1.165, 1.54) is 23.5 Å². The number of nitrogens with zero attached hydrogens (tertiary/aromatic N) is 1. The largest absolute Gasteiger partial charge is 0.332 e. The second-order valence-corrected chi connectivity index (χ2v) is 10.5. The SMILES string of the molecule is Cc1ccccc1C(=O)c1cnc(Nc2cccc(CNS(=O)(=O)c3cc(F)ccc3C)c2)s1. The molecular formula is C25H22FN3O3S2. The average Bonchev–Trinajstić information content (AvgIpc) is 3.28. The first-order valence-electron chi connectivity index (χ1n) is 10.4. The van der Waals surface area contributed by atoms with Crippen LogP contribution >= 0.6 is 11.3 Å². The molecule has 0 saturated carbocycles. The summed E-state index contributed by atoms with van der Waals surface area (Å²) in [5.41, 5.74) is 3.40. The minimum absolute atomic E-state index is 0.0305. The Kier molecular flexibility index (Phi) is 6.87. The quantitative estimate of drug-likeness (QED) is 0.322. The molecule has 4 rings (SSSR count). The van der Waals surface area contributed by atoms with Gasteiger partial charge in [-0.15, -0.1) is 0 Å². The smallest absolute Gasteiger partial charge is 0.241 e. The second-order valence-electron chi connectivity index (χ2n) is 7.73. The summed E-state index contributed by atoms with van der Waals surface area (Å²) in [5, 5.41) is 3.71. The van der Waals surface area contributed by atoms with Crippen LogP contribution in [0.25, 0.3) is 0 Å². The topological polar surface area (TPSA) is 88.2 Å². The number of aryl methyl sites for hydroxylation is 2. The zero-order chi connectivity index (χ0) is 24.3. The maximum atomic E-state index is 13.5. The third-order valence-corrected chi connectivity index (χ3v) is 7.66. The van der Waals surface area contributed by atoms with Crippen LogP contribution in [0.4, 0.5) is 15.2 Å². The number of thiazole rings is 1. The monoisotopic (exact) mass is 495 g/mol. The third-order valence-electron chi connectivity index (χ3n) is 5.20. The van der Waals surface area contributed by atoms with E-state index >= 15 is 0 Å². The van der Waals surface area contributed by atoms with Crippen molar-refractivity contribution in [2.45, 2.75) is 25.3 Å². The van der Waals surface area contributed by atoms with Gasteiger partial charge in [-0.1, -0.05) is 53.8 Å². The fourth-order valence-corrected chi connectivity index (χ4v) is 5.46. The number of carbonyl (C=O) groups is 1. The lowest BCUT2D eigenvalue weighted by atomic mass is 10.0. The minimum atomic E-state index is -3.88. The van der Waals surface area contributed by atoms with Gasteiger partial charge in [0.05, 0.1) is 16.0 Å². The van der Waals surface area contributed by atoms with E-state index in [9.17, 15) is 17.6 Å². The van der Waals surface area contributed by atoms with E-state index in [0.29, 0.717) is 32.4 Å². The van der Waals surface area contributed by atoms with E-state index in [4.69, 9.17) is 0 Å². The molecule has 0 unspecified atom stereocenters. The normalized spacial score (nSPS) is 11.4. The molecular weight excluding hydrogens is 473 g/mol. The molecule has 2 N–H and O–H groups in total. The van der Waals surface area contributed by atoms with Crippen molar-refractivity contribution in [1.82, 2.24) is 9.71 Å². The number of anilines is 2. The van der Waals surface area contributed by atoms with Gasteiger partial charge in [0, 0.05) is 17.8 Å². The summed E-state index contributed by atoms with van der Waals surface area (Å²) in [5.74, 6) is -0.694. The van der Waals surface area contributed by atoms with Gasteiger partial charge in [0.25, 0.3) is 0 Å². The van der Waals surface area contributed by atoms with Crippen molar-refractivity contribution in [2.24, 2.45) is 0 Å². The molecule has 3 aromatic carbocycles. The zero-order valence-corrected chi connectivity index (χ0v) is 20.1. The predicted octanol–water partition coefficient (Wildman–Crippen LogP) is 5.35. The van der Waals surface area contributed by atoms with Crippen LogP contribution in [-0.2, 0) is 16.6 Å². The molecule has 4 aromatic rings. The van der Waals surface area contributed by atoms with Crippen molar-refractivity contribution in [1.29, 1.82) is 0 Å². The van der Waals surface area contributed by atoms with Gasteiger partial charge in [-0.25, -0.2) is 22.5 Å². The highest BCUT2D eigenvalue weighted by Crippen LogP contribution is 2.26. The molecule has 0 atom stereocenters. The van der Waals surface area contributed by atoms with Gasteiger partial charge in [0.2, 0.25) is 15.8 Å². The number of hydrogen-bond donors (Lipinski definition) is 2. The van der Waals surface area contributed by atoms with Crippen LogP contribution in [0.15, 0.2) is 77.8 Å². The fourth-order valence-electron chi connectivity index (χ4n) is 3.40. The van der Waals surface area contributed by atoms with Crippen molar-refractivity contribution in [2.75, 3.05) is 5.32 Å². The van der Waals surface area contributed by atoms with Gasteiger partial charge >= 0.3 is 0 Å². The van der Waals surface area contributed by atoms with Crippen molar-refractivity contribution in [3.8, 4) is 0 Å². The van der Waals surface area contributed by atoms with Gasteiger partial charge in [0.15, 0.2) is 5.13 Å². The van der Waals surface area contributed by atoms with Crippen molar-refractivity contribution in [3.05, 3.63) is 106 Å². The number of sulfonamides is 1. The Morgan fingerprint density at radius 3 is 2.59 bits per heavy atom. The number of benzene rings is 3. The molecule has 0 fully saturated rings. The molecule has 34 heavy (non-hydrogen) atoms. The van der Waals surface area contributed by atoms with Crippen molar-refractivity contribution in [3.63, 3.8) is 0 Å². The van der Waals surface area contributed by atoms with Crippen LogP contribution < -0.4 is 10.0 Å². The van der Waals surface area contributed by atoms with Gasteiger partial charge in [-0.05, 0) is 54.8 Å². The molecule has 6 nitrogen and oxygen atoms in total. The van der Waals surface area contributed by atoms with Crippen LogP contribution in [0.5, 0.6) is 0 Å². The number of nitrogens with one attached hydrogen (secondary N) is 2. The van der Waals surface area contributed by atoms with Gasteiger partial charge in [0.1, 0.15) is 5.82 Å². The number of halogens is 1. The number of ketones is 1. The maximum Gasteiger partial charge on any atom is 0.241 e. The van der Waals surface area contributed by atoms with Crippen LogP contribution in [0, 0.1) is 19.7 Å². The van der Waals surface area contributed by atoms with Crippen LogP contribution in [0.2, 0.25) is 0 Å². The Hall–Kier alpha value is -3.40. The van der Waals surface area contributed by atoms with E-state index in [-0.39, 0.29) is 17.2 Å². The second kappa shape index (κ2) is 9.84. The van der Waals surface area contributed by atoms with E-state index in [2.05, 4.69) is 15.0 Å². The number of hydrogen-bond acceptors (Lipinski definition) is 6. The summed E-state index contributed by atoms with van der Waals surface area (Å²) in [4.78, 5) is 17.5. The first-order chi connectivity index (χ1) is 16.2. The van der Waals surface area contributed by atoms with Crippen LogP contribution in [0.1, 0.15) is 31.9 Å². The summed E-state index contributed by atoms with van der Waals surface area (Å²) < 4.78 is 41.3. The Balaban J connectivity index is 1.45. The van der Waals surface area contributed by atoms with Crippen molar-refractivity contribution >= 4 is 38.0 Å². The molecule has 1 heterocycles. The first kappa shape index (κ1) is 23.7. The lowest BCUT2D eigenvalue weighted by Gasteiger charge is -2.10. The highest BCUT2D eigenvalue weighted by Gasteiger charge is 2.18. The standard InChI is InChI=1S/C25H22FN3O3S2/c1-16-6-3-4-9-21(16)24(30)22-15-27-25(33-22)29-20-8-5-7-18(12-20)14-28-34(31,32)23-13-19(26)11-10-17(23)2/h3-13,15,28H,14H2,1-2H3,(H,27,29). The molecule has 0 aliphatic carbocycles. The Labute approximate surface area is 201 Å². The summed E-state index contributed by atoms with van der Waals surface area (Å²) in [6, 6.07) is 18.2. The molecule has 174 valence electrons. The molecule has 0 saturated heterocycles. The Morgan fingerprint density at radius 1 is 1.00 bits per heavy atom. The summed E-state index contributed by atoms with van der Waals surface area (Å²) in [6.07, 6.45) is 1.54. The zero-order valence-electron chi connectivity index (χ0n) is 18.5. The highest BCUT2D eigenvalue weighted by molar-refractivity contribution is 7.89. The summed E-state index contributed by atoms with van der Waals surface area (Å²) in [6.45, 7) is 3.54. The lowest BCUT2D eigenvalue weighted by Crippen LogP contribution is -2.24. The number of aromatic nitrogens is 1. The van der Waals surface area contributed by atoms with E-state index in [1.807, 2.05) is 31.2 Å². The van der Waals surface area contributed by atoms with Gasteiger partial charge in [-0.3, -0.25) is 4.79 Å². The average molecular weight is 496 g/mol. The van der Waals surface area contributed by atoms with E-state index < -0.39 is 15.8 Å². The molecule has 1 aromatic heterocycles. The summed E-state index contributed by atoms with van der Waals surface area (Å²) >= 11 is 1.24. The molecule has 0 radical (unpaired) electrons. The maximum absolute atomic E-state index is 13.5.